The zero-order valence-electron chi connectivity index (χ0n) is 85.0. The second-order valence-electron chi connectivity index (χ2n) is 39.4. The Morgan fingerprint density at radius 2 is 0.590 bits per heavy atom. The molecule has 35 nitrogen and oxygen atoms in total. The number of aliphatic hydroxyl groups is 3. The van der Waals surface area contributed by atoms with Gasteiger partial charge in [0.15, 0.2) is 23.3 Å². The van der Waals surface area contributed by atoms with Gasteiger partial charge >= 0.3 is 0 Å². The number of benzene rings is 4. The van der Waals surface area contributed by atoms with Gasteiger partial charge in [-0.1, -0.05) is 92.1 Å². The molecule has 4 saturated carbocycles. The molecule has 4 aliphatic carbocycles. The van der Waals surface area contributed by atoms with Gasteiger partial charge in [0.05, 0.1) is 128 Å². The van der Waals surface area contributed by atoms with E-state index in [1.807, 2.05) is 135 Å². The molecular weight excluding hydrogens is 1810 g/mol. The number of nitrogens with zero attached hydrogens (tertiary/aromatic N) is 23. The smallest absolute Gasteiger partial charge is 0.223 e. The minimum Gasteiger partial charge on any atom is -0.393 e. The van der Waals surface area contributed by atoms with E-state index in [0.29, 0.717) is 35.9 Å². The Labute approximate surface area is 847 Å². The van der Waals surface area contributed by atoms with Crippen molar-refractivity contribution in [2.75, 3.05) is 181 Å². The highest BCUT2D eigenvalue weighted by atomic mass is 16.5. The van der Waals surface area contributed by atoms with Crippen LogP contribution < -0.4 is 42.5 Å². The SMILES string of the molecule is Cc1c(-c2ccnc(NC3CCC(O)CC3)n2)c(NCCCN2CCN(C)CC2)nn1-c1ccccc1.Cc1c(-c2ccnc(NC3CCC(O)CC3)n2)c(NCCCN2CCOCC2)nn1-c1ccccc1.Cc1c(-c2ccnc(NC3CCC(O)CC3)n2)c(NCCCn2ccnc2)nn1-c1ccccc1.Cc1c(-c2ccnc(NC3CCCCC3)n2)c(NCCCN2CCN(C)CC2)nn1-c1ccccc1. The van der Waals surface area contributed by atoms with E-state index in [1.165, 1.54) is 32.1 Å². The Morgan fingerprint density at radius 1 is 0.312 bits per heavy atom. The molecule has 11 N–H and O–H groups in total. The van der Waals surface area contributed by atoms with Crippen LogP contribution in [0.1, 0.15) is 158 Å². The Kier molecular flexibility index (Phi) is 37.2. The van der Waals surface area contributed by atoms with Crippen molar-refractivity contribution >= 4 is 47.1 Å². The first-order chi connectivity index (χ1) is 70.6. The van der Waals surface area contributed by atoms with Crippen molar-refractivity contribution in [1.29, 1.82) is 0 Å². The first-order valence-electron chi connectivity index (χ1n) is 52.7. The summed E-state index contributed by atoms with van der Waals surface area (Å²) in [4.78, 5) is 54.0. The largest absolute Gasteiger partial charge is 0.393 e. The lowest BCUT2D eigenvalue weighted by Gasteiger charge is -2.32. The number of aromatic nitrogens is 18. The molecule has 764 valence electrons. The van der Waals surface area contributed by atoms with Gasteiger partial charge < -0.3 is 86.8 Å². The van der Waals surface area contributed by atoms with Crippen molar-refractivity contribution in [1.82, 2.24) is 113 Å². The van der Waals surface area contributed by atoms with Crippen molar-refractivity contribution in [3.63, 3.8) is 0 Å². The number of para-hydroxylation sites is 4. The molecule has 20 rings (SSSR count). The van der Waals surface area contributed by atoms with Crippen LogP contribution in [0.15, 0.2) is 189 Å². The van der Waals surface area contributed by atoms with E-state index < -0.39 is 0 Å². The molecule has 0 bridgehead atoms. The molecule has 3 saturated heterocycles. The average Bonchev–Trinajstić information content (AvgIpc) is 1.65. The standard InChI is InChI=1S/C28H40N8O.C28H40N8.C27H37N7O2.C26H32N8O/c1-21-26(25-13-15-30-28(32-25)31-22-9-11-24(37)12-10-22)27(33-36(21)23-7-4-3-5-8-23)29-14-6-16-35-19-17-34(2)18-20-35;1-22-26(25-14-16-30-28(32-25)31-23-10-5-3-6-11-23)27(33-36(22)24-12-7-4-8-13-24)29-15-9-17-35-20-18-34(2)19-21-35;1-20-25(24-12-14-29-27(31-24)30-21-8-10-23(35)11-9-21)26(32-34(20)22-6-3-2-4-7-22)28-13-5-15-33-16-18-36-19-17-33;1-19-24(23-12-14-29-26(31-23)30-20-8-10-22(35)11-9-20)25(28-13-5-16-33-17-15-27-18-33)32-34(19)21-6-3-2-4-7-21/h3-5,7-8,13,15,22,24,37H,6,9-12,14,16-20H2,1-2H3,(H,29,33)(H,30,31,32);4,7-8,12-14,16,23H,3,5-6,9-11,15,17-21H2,1-2H3,(H,29,33)(H,30,31,32);2-4,6-7,12,14,21,23,35H,5,8-11,13,15-19H2,1H3,(H,28,32)(H,29,30,31);2-4,6-7,12,14-15,17-18,20,22,35H,5,8-11,13,16H2,1H3,(H,28,32)(H,29,30,31). The molecule has 0 spiro atoms. The van der Waals surface area contributed by atoms with Crippen molar-refractivity contribution in [3.05, 3.63) is 212 Å². The third-order valence-electron chi connectivity index (χ3n) is 28.7. The van der Waals surface area contributed by atoms with Gasteiger partial charge in [0.2, 0.25) is 23.8 Å². The molecule has 0 atom stereocenters. The van der Waals surface area contributed by atoms with Gasteiger partial charge in [-0.15, -0.1) is 20.4 Å². The predicted molar refractivity (Wildman–Crippen MR) is 573 cm³/mol. The summed E-state index contributed by atoms with van der Waals surface area (Å²) in [5.41, 5.74) is 15.7. The zero-order chi connectivity index (χ0) is 99.1. The van der Waals surface area contributed by atoms with Gasteiger partial charge in [-0.2, -0.15) is 0 Å². The fraction of sp³-hybridized carbons (Fsp3) is 0.495. The summed E-state index contributed by atoms with van der Waals surface area (Å²) in [6, 6.07) is 50.1. The number of aliphatic hydroxyl groups excluding tert-OH is 3. The van der Waals surface area contributed by atoms with Gasteiger partial charge in [-0.25, -0.2) is 63.6 Å². The molecular formula is C109H149N31O4. The van der Waals surface area contributed by atoms with Crippen LogP contribution in [0.3, 0.4) is 0 Å². The summed E-state index contributed by atoms with van der Waals surface area (Å²) in [6.07, 6.45) is 33.2. The van der Waals surface area contributed by atoms with E-state index >= 15 is 0 Å². The maximum absolute atomic E-state index is 9.84. The first kappa shape index (κ1) is 103. The number of ether oxygens (including phenoxy) is 1. The van der Waals surface area contributed by atoms with Crippen LogP contribution >= 0.6 is 0 Å². The first-order valence-corrected chi connectivity index (χ1v) is 52.7. The summed E-state index contributed by atoms with van der Waals surface area (Å²) in [6.45, 7) is 28.7. The van der Waals surface area contributed by atoms with Crippen molar-refractivity contribution < 1.29 is 20.1 Å². The molecule has 0 radical (unpaired) electrons. The predicted octanol–water partition coefficient (Wildman–Crippen LogP) is 15.4. The number of piperazine rings is 2. The van der Waals surface area contributed by atoms with E-state index in [0.717, 1.165) is 348 Å². The third kappa shape index (κ3) is 28.7. The number of rotatable bonds is 36. The van der Waals surface area contributed by atoms with E-state index in [9.17, 15) is 15.3 Å². The molecule has 7 aliphatic rings. The number of likely N-dealkylation sites (N-methyl/N-ethyl adjacent to an activating group) is 2. The van der Waals surface area contributed by atoms with Crippen LogP contribution in [0.4, 0.5) is 47.1 Å². The summed E-state index contributed by atoms with van der Waals surface area (Å²) in [7, 11) is 4.40. The quantitative estimate of drug-likeness (QED) is 0.0162. The highest BCUT2D eigenvalue weighted by molar-refractivity contribution is 5.80. The summed E-state index contributed by atoms with van der Waals surface area (Å²) < 4.78 is 15.5. The molecule has 3 aliphatic heterocycles. The minimum atomic E-state index is -0.186. The maximum Gasteiger partial charge on any atom is 0.223 e. The second-order valence-corrected chi connectivity index (χ2v) is 39.4. The van der Waals surface area contributed by atoms with Crippen molar-refractivity contribution in [2.45, 2.75) is 212 Å². The number of aryl methyl sites for hydroxylation is 1. The lowest BCUT2D eigenvalue weighted by atomic mass is 9.93. The topological polar surface area (TPSA) is 375 Å². The van der Waals surface area contributed by atoms with E-state index in [1.54, 1.807) is 12.4 Å². The van der Waals surface area contributed by atoms with Crippen LogP contribution in [0.25, 0.3) is 67.8 Å². The number of morpholine rings is 1. The van der Waals surface area contributed by atoms with Crippen molar-refractivity contribution in [3.8, 4) is 67.8 Å². The number of hydrogen-bond acceptors (Lipinski definition) is 30. The Balaban J connectivity index is 0.000000132. The minimum absolute atomic E-state index is 0.179. The number of imidazole rings is 1. The molecule has 7 fully saturated rings. The van der Waals surface area contributed by atoms with Crippen LogP contribution in [-0.4, -0.2) is 309 Å². The van der Waals surface area contributed by atoms with E-state index in [4.69, 9.17) is 45.1 Å². The Bertz CT molecular complexity index is 6010. The second kappa shape index (κ2) is 52.2. The van der Waals surface area contributed by atoms with Gasteiger partial charge in [0, 0.05) is 160 Å². The van der Waals surface area contributed by atoms with Crippen molar-refractivity contribution in [2.24, 2.45) is 0 Å². The fourth-order valence-corrected chi connectivity index (χ4v) is 20.3. The fourth-order valence-electron chi connectivity index (χ4n) is 20.3. The molecule has 0 unspecified atom stereocenters. The molecule has 0 amide bonds. The van der Waals surface area contributed by atoms with Gasteiger partial charge in [0.1, 0.15) is 0 Å². The summed E-state index contributed by atoms with van der Waals surface area (Å²) in [5.74, 6) is 5.97. The van der Waals surface area contributed by atoms with Crippen LogP contribution in [0.5, 0.6) is 0 Å². The molecule has 9 aromatic heterocycles. The lowest BCUT2D eigenvalue weighted by Crippen LogP contribution is -2.44. The highest BCUT2D eigenvalue weighted by Gasteiger charge is 2.30. The lowest BCUT2D eigenvalue weighted by molar-refractivity contribution is 0.0378. The molecule has 4 aromatic carbocycles. The zero-order valence-corrected chi connectivity index (χ0v) is 85.0. The van der Waals surface area contributed by atoms with Crippen LogP contribution in [-0.2, 0) is 11.3 Å². The molecule has 144 heavy (non-hydrogen) atoms. The van der Waals surface area contributed by atoms with Gasteiger partial charge in [-0.3, -0.25) is 4.90 Å². The van der Waals surface area contributed by atoms with Crippen LogP contribution in [0.2, 0.25) is 0 Å². The monoisotopic (exact) mass is 1960 g/mol. The number of anilines is 8. The van der Waals surface area contributed by atoms with Gasteiger partial charge in [0.25, 0.3) is 0 Å². The average molecular weight is 1960 g/mol. The van der Waals surface area contributed by atoms with E-state index in [2.05, 4.69) is 199 Å². The Hall–Kier alpha value is -12.7. The summed E-state index contributed by atoms with van der Waals surface area (Å²) in [5, 5.41) is 77.7. The number of hydrogen-bond donors (Lipinski definition) is 11. The normalized spacial score (nSPS) is 19.5. The van der Waals surface area contributed by atoms with Crippen LogP contribution in [0, 0.1) is 27.7 Å². The van der Waals surface area contributed by atoms with E-state index in [-0.39, 0.29) is 30.4 Å². The van der Waals surface area contributed by atoms with Gasteiger partial charge in [-0.05, 0) is 250 Å². The Morgan fingerprint density at radius 3 is 0.875 bits per heavy atom. The summed E-state index contributed by atoms with van der Waals surface area (Å²) >= 11 is 0. The highest BCUT2D eigenvalue weighted by Crippen LogP contribution is 2.39. The maximum atomic E-state index is 9.84. The third-order valence-corrected chi connectivity index (χ3v) is 28.7. The number of nitrogens with one attached hydrogen (secondary N) is 8. The molecule has 35 heteroatoms. The molecule has 13 aromatic rings. The molecule has 12 heterocycles.